The van der Waals surface area contributed by atoms with Crippen molar-refractivity contribution in [3.63, 3.8) is 0 Å². The van der Waals surface area contributed by atoms with Gasteiger partial charge in [0.2, 0.25) is 0 Å². The summed E-state index contributed by atoms with van der Waals surface area (Å²) < 4.78 is 0.855. The molecule has 19 heavy (non-hydrogen) atoms. The first-order valence-electron chi connectivity index (χ1n) is 5.71. The molecule has 0 bridgehead atoms. The number of anilines is 2. The summed E-state index contributed by atoms with van der Waals surface area (Å²) in [6.07, 6.45) is 1.72. The number of hydrogen-bond acceptors (Lipinski definition) is 4. The van der Waals surface area contributed by atoms with Crippen LogP contribution in [0.5, 0.6) is 0 Å². The number of nitrogen functional groups attached to an aromatic ring is 1. The molecular formula is C14H13BrN4. The smallest absolute Gasteiger partial charge is 0.151 e. The highest BCUT2D eigenvalue weighted by Crippen LogP contribution is 2.24. The Labute approximate surface area is 120 Å². The minimum Gasteiger partial charge on any atom is -0.396 e. The van der Waals surface area contributed by atoms with Crippen LogP contribution >= 0.6 is 15.9 Å². The van der Waals surface area contributed by atoms with Crippen molar-refractivity contribution in [2.24, 2.45) is 0 Å². The maximum Gasteiger partial charge on any atom is 0.151 e. The van der Waals surface area contributed by atoms with Gasteiger partial charge in [-0.15, -0.1) is 0 Å². The number of nitrogens with two attached hydrogens (primary N) is 1. The molecule has 2 aromatic rings. The SMILES string of the molecule is CN(Cc1cccc(C#N)c1)c1ncc(Br)cc1N. The van der Waals surface area contributed by atoms with E-state index in [0.29, 0.717) is 17.8 Å². The van der Waals surface area contributed by atoms with Crippen molar-refractivity contribution < 1.29 is 0 Å². The Morgan fingerprint density at radius 3 is 2.89 bits per heavy atom. The fourth-order valence-electron chi connectivity index (χ4n) is 1.85. The van der Waals surface area contributed by atoms with Crippen LogP contribution in [0, 0.1) is 11.3 Å². The summed E-state index contributed by atoms with van der Waals surface area (Å²) in [5, 5.41) is 8.89. The van der Waals surface area contributed by atoms with Crippen molar-refractivity contribution in [3.8, 4) is 6.07 Å². The molecule has 0 radical (unpaired) electrons. The Hall–Kier alpha value is -2.06. The molecule has 1 heterocycles. The van der Waals surface area contributed by atoms with E-state index in [1.54, 1.807) is 12.3 Å². The molecule has 0 aliphatic heterocycles. The van der Waals surface area contributed by atoms with E-state index in [1.165, 1.54) is 0 Å². The first kappa shape index (κ1) is 13.4. The predicted molar refractivity (Wildman–Crippen MR) is 79.6 cm³/mol. The molecule has 0 aliphatic carbocycles. The van der Waals surface area contributed by atoms with Crippen LogP contribution in [0.3, 0.4) is 0 Å². The molecule has 1 aromatic heterocycles. The van der Waals surface area contributed by atoms with Gasteiger partial charge in [-0.3, -0.25) is 0 Å². The van der Waals surface area contributed by atoms with E-state index in [0.717, 1.165) is 15.9 Å². The van der Waals surface area contributed by atoms with Crippen molar-refractivity contribution in [2.75, 3.05) is 17.7 Å². The molecule has 4 nitrogen and oxygen atoms in total. The Morgan fingerprint density at radius 1 is 1.42 bits per heavy atom. The Bertz CT molecular complexity index is 634. The second-order valence-corrected chi connectivity index (χ2v) is 5.15. The third-order valence-electron chi connectivity index (χ3n) is 2.70. The van der Waals surface area contributed by atoms with Gasteiger partial charge < -0.3 is 10.6 Å². The number of nitriles is 1. The van der Waals surface area contributed by atoms with E-state index in [1.807, 2.05) is 36.2 Å². The third-order valence-corrected chi connectivity index (χ3v) is 3.13. The summed E-state index contributed by atoms with van der Waals surface area (Å²) in [7, 11) is 1.92. The van der Waals surface area contributed by atoms with E-state index in [-0.39, 0.29) is 0 Å². The quantitative estimate of drug-likeness (QED) is 0.945. The molecule has 1 aromatic carbocycles. The number of aromatic nitrogens is 1. The fraction of sp³-hybridized carbons (Fsp3) is 0.143. The highest BCUT2D eigenvalue weighted by Gasteiger charge is 2.08. The molecule has 96 valence electrons. The Kier molecular flexibility index (Phi) is 4.03. The van der Waals surface area contributed by atoms with Gasteiger partial charge in [0.1, 0.15) is 0 Å². The minimum atomic E-state index is 0.619. The van der Waals surface area contributed by atoms with Gasteiger partial charge in [-0.2, -0.15) is 5.26 Å². The third kappa shape index (κ3) is 3.24. The summed E-state index contributed by atoms with van der Waals surface area (Å²) >= 11 is 3.33. The van der Waals surface area contributed by atoms with E-state index in [2.05, 4.69) is 27.0 Å². The molecule has 0 aliphatic rings. The molecule has 5 heteroatoms. The number of halogens is 1. The average molecular weight is 317 g/mol. The van der Waals surface area contributed by atoms with E-state index >= 15 is 0 Å². The molecular weight excluding hydrogens is 304 g/mol. The lowest BCUT2D eigenvalue weighted by molar-refractivity contribution is 0.899. The van der Waals surface area contributed by atoms with Gasteiger partial charge in [0.05, 0.1) is 17.3 Å². The molecule has 2 N–H and O–H groups in total. The zero-order valence-electron chi connectivity index (χ0n) is 10.5. The monoisotopic (exact) mass is 316 g/mol. The molecule has 2 rings (SSSR count). The maximum atomic E-state index is 8.89. The Morgan fingerprint density at radius 2 is 2.21 bits per heavy atom. The molecule has 0 fully saturated rings. The molecule has 0 unspecified atom stereocenters. The van der Waals surface area contributed by atoms with Crippen molar-refractivity contribution in [2.45, 2.75) is 6.54 Å². The minimum absolute atomic E-state index is 0.619. The molecule has 0 saturated heterocycles. The predicted octanol–water partition coefficient (Wildman–Crippen LogP) is 2.93. The first-order valence-corrected chi connectivity index (χ1v) is 6.50. The second-order valence-electron chi connectivity index (χ2n) is 4.23. The van der Waals surface area contributed by atoms with Crippen LogP contribution < -0.4 is 10.6 Å². The van der Waals surface area contributed by atoms with Gasteiger partial charge in [0.25, 0.3) is 0 Å². The van der Waals surface area contributed by atoms with Gasteiger partial charge >= 0.3 is 0 Å². The molecule has 0 spiro atoms. The van der Waals surface area contributed by atoms with Crippen LogP contribution in [-0.4, -0.2) is 12.0 Å². The highest BCUT2D eigenvalue weighted by atomic mass is 79.9. The van der Waals surface area contributed by atoms with Gasteiger partial charge in [0.15, 0.2) is 5.82 Å². The zero-order valence-corrected chi connectivity index (χ0v) is 12.1. The van der Waals surface area contributed by atoms with Gasteiger partial charge in [-0.25, -0.2) is 4.98 Å². The summed E-state index contributed by atoms with van der Waals surface area (Å²) in [6, 6.07) is 11.5. The molecule has 0 atom stereocenters. The lowest BCUT2D eigenvalue weighted by atomic mass is 10.1. The van der Waals surface area contributed by atoms with Gasteiger partial charge in [-0.05, 0) is 39.7 Å². The van der Waals surface area contributed by atoms with Crippen molar-refractivity contribution in [1.29, 1.82) is 5.26 Å². The van der Waals surface area contributed by atoms with Crippen LogP contribution in [0.2, 0.25) is 0 Å². The lowest BCUT2D eigenvalue weighted by Crippen LogP contribution is -2.19. The standard InChI is InChI=1S/C14H13BrN4/c1-19(14-13(17)6-12(15)8-18-14)9-11-4-2-3-10(5-11)7-16/h2-6,8H,9,17H2,1H3. The zero-order chi connectivity index (χ0) is 13.8. The average Bonchev–Trinajstić information content (AvgIpc) is 2.38. The number of rotatable bonds is 3. The van der Waals surface area contributed by atoms with Gasteiger partial charge in [0, 0.05) is 24.3 Å². The maximum absolute atomic E-state index is 8.89. The normalized spacial score (nSPS) is 9.95. The highest BCUT2D eigenvalue weighted by molar-refractivity contribution is 9.10. The number of nitrogens with zero attached hydrogens (tertiary/aromatic N) is 3. The van der Waals surface area contributed by atoms with Crippen LogP contribution in [0.1, 0.15) is 11.1 Å². The van der Waals surface area contributed by atoms with Crippen LogP contribution in [0.25, 0.3) is 0 Å². The summed E-state index contributed by atoms with van der Waals surface area (Å²) in [6.45, 7) is 0.647. The summed E-state index contributed by atoms with van der Waals surface area (Å²) in [5.41, 5.74) is 8.27. The van der Waals surface area contributed by atoms with E-state index < -0.39 is 0 Å². The summed E-state index contributed by atoms with van der Waals surface area (Å²) in [4.78, 5) is 6.26. The summed E-state index contributed by atoms with van der Waals surface area (Å²) in [5.74, 6) is 0.727. The number of benzene rings is 1. The van der Waals surface area contributed by atoms with E-state index in [4.69, 9.17) is 11.0 Å². The Balaban J connectivity index is 2.20. The van der Waals surface area contributed by atoms with Crippen molar-refractivity contribution in [3.05, 3.63) is 52.1 Å². The lowest BCUT2D eigenvalue weighted by Gasteiger charge is -2.20. The van der Waals surface area contributed by atoms with Crippen LogP contribution in [0.4, 0.5) is 11.5 Å². The first-order chi connectivity index (χ1) is 9.10. The molecule has 0 amide bonds. The molecule has 0 saturated carbocycles. The number of hydrogen-bond donors (Lipinski definition) is 1. The van der Waals surface area contributed by atoms with Crippen LogP contribution in [0.15, 0.2) is 41.0 Å². The number of pyridine rings is 1. The van der Waals surface area contributed by atoms with E-state index in [9.17, 15) is 0 Å². The topological polar surface area (TPSA) is 65.9 Å². The largest absolute Gasteiger partial charge is 0.396 e. The van der Waals surface area contributed by atoms with Crippen molar-refractivity contribution in [1.82, 2.24) is 4.98 Å². The van der Waals surface area contributed by atoms with Crippen molar-refractivity contribution >= 4 is 27.4 Å². The van der Waals surface area contributed by atoms with Crippen LogP contribution in [-0.2, 0) is 6.54 Å². The fourth-order valence-corrected chi connectivity index (χ4v) is 2.20. The van der Waals surface area contributed by atoms with Gasteiger partial charge in [-0.1, -0.05) is 12.1 Å². The second kappa shape index (κ2) is 5.72.